The van der Waals surface area contributed by atoms with Gasteiger partial charge in [0.2, 0.25) is 0 Å². The van der Waals surface area contributed by atoms with Gasteiger partial charge in [0, 0.05) is 11.6 Å². The van der Waals surface area contributed by atoms with Crippen molar-refractivity contribution in [1.82, 2.24) is 0 Å². The molecular formula is C20H17BrClFO4. The predicted octanol–water partition coefficient (Wildman–Crippen LogP) is 5.57. The molecule has 0 aliphatic rings. The van der Waals surface area contributed by atoms with E-state index < -0.39 is 11.8 Å². The van der Waals surface area contributed by atoms with E-state index in [0.717, 1.165) is 0 Å². The second-order valence-corrected chi connectivity index (χ2v) is 6.57. The highest BCUT2D eigenvalue weighted by atomic mass is 79.9. The van der Waals surface area contributed by atoms with Gasteiger partial charge in [0.1, 0.15) is 19.0 Å². The maximum Gasteiger partial charge on any atom is 0.331 e. The fourth-order valence-electron chi connectivity index (χ4n) is 2.12. The molecule has 4 nitrogen and oxygen atoms in total. The van der Waals surface area contributed by atoms with Crippen molar-refractivity contribution in [2.45, 2.75) is 6.61 Å². The Hall–Kier alpha value is -2.31. The van der Waals surface area contributed by atoms with Crippen LogP contribution >= 0.6 is 27.5 Å². The van der Waals surface area contributed by atoms with E-state index in [4.69, 9.17) is 25.8 Å². The maximum atomic E-state index is 13.1. The highest BCUT2D eigenvalue weighted by Crippen LogP contribution is 2.38. The van der Waals surface area contributed by atoms with Gasteiger partial charge in [-0.1, -0.05) is 30.3 Å². The van der Waals surface area contributed by atoms with Gasteiger partial charge in [-0.25, -0.2) is 9.18 Å². The molecule has 0 N–H and O–H groups in total. The van der Waals surface area contributed by atoms with E-state index in [2.05, 4.69) is 22.5 Å². The van der Waals surface area contributed by atoms with E-state index >= 15 is 0 Å². The summed E-state index contributed by atoms with van der Waals surface area (Å²) in [5, 5.41) is 0.280. The molecule has 0 spiro atoms. The van der Waals surface area contributed by atoms with E-state index in [1.807, 2.05) is 0 Å². The molecule has 0 atom stereocenters. The van der Waals surface area contributed by atoms with Crippen LogP contribution in [0, 0.1) is 5.82 Å². The molecule has 0 saturated heterocycles. The molecule has 0 unspecified atom stereocenters. The van der Waals surface area contributed by atoms with Gasteiger partial charge in [0.15, 0.2) is 11.5 Å². The standard InChI is InChI=1S/C20H17BrClFO4/c1-3-8-26-19(24)7-4-13-9-16(21)20(18(10-13)25-2)27-12-14-5-6-15(23)11-17(14)22/h3-7,9-11H,1,8,12H2,2H3/b7-4+. The Morgan fingerprint density at radius 2 is 2.11 bits per heavy atom. The molecule has 2 aromatic carbocycles. The van der Waals surface area contributed by atoms with E-state index in [1.54, 1.807) is 24.3 Å². The molecule has 0 amide bonds. The maximum absolute atomic E-state index is 13.1. The zero-order valence-corrected chi connectivity index (χ0v) is 16.8. The molecule has 7 heteroatoms. The molecule has 2 aromatic rings. The number of methoxy groups -OCH3 is 1. The highest BCUT2D eigenvalue weighted by Gasteiger charge is 2.12. The van der Waals surface area contributed by atoms with Gasteiger partial charge in [-0.15, -0.1) is 0 Å². The van der Waals surface area contributed by atoms with Crippen LogP contribution in [0.1, 0.15) is 11.1 Å². The molecular weight excluding hydrogens is 439 g/mol. The summed E-state index contributed by atoms with van der Waals surface area (Å²) in [6.45, 7) is 3.76. The first kappa shape index (κ1) is 21.0. The summed E-state index contributed by atoms with van der Waals surface area (Å²) in [6, 6.07) is 7.58. The average Bonchev–Trinajstić information content (AvgIpc) is 2.64. The van der Waals surface area contributed by atoms with Crippen LogP contribution in [0.5, 0.6) is 11.5 Å². The van der Waals surface area contributed by atoms with Gasteiger partial charge in [-0.05, 0) is 51.8 Å². The fraction of sp³-hybridized carbons (Fsp3) is 0.150. The number of rotatable bonds is 8. The average molecular weight is 456 g/mol. The summed E-state index contributed by atoms with van der Waals surface area (Å²) in [7, 11) is 1.51. The molecule has 0 aliphatic heterocycles. The quantitative estimate of drug-likeness (QED) is 0.296. The van der Waals surface area contributed by atoms with Crippen molar-refractivity contribution in [1.29, 1.82) is 0 Å². The van der Waals surface area contributed by atoms with Crippen molar-refractivity contribution < 1.29 is 23.4 Å². The normalized spacial score (nSPS) is 10.7. The zero-order valence-electron chi connectivity index (χ0n) is 14.5. The minimum atomic E-state index is -0.476. The fourth-order valence-corrected chi connectivity index (χ4v) is 2.91. The third-order valence-electron chi connectivity index (χ3n) is 3.39. The number of carbonyl (C=O) groups excluding carboxylic acids is 1. The summed E-state index contributed by atoms with van der Waals surface area (Å²) in [5.74, 6) is 0.0347. The lowest BCUT2D eigenvalue weighted by molar-refractivity contribution is -0.136. The van der Waals surface area contributed by atoms with Crippen molar-refractivity contribution in [2.75, 3.05) is 13.7 Å². The molecule has 0 heterocycles. The first-order valence-corrected chi connectivity index (χ1v) is 9.01. The number of carbonyl (C=O) groups is 1. The Bertz CT molecular complexity index is 867. The number of hydrogen-bond acceptors (Lipinski definition) is 4. The molecule has 0 saturated carbocycles. The van der Waals surface area contributed by atoms with E-state index in [9.17, 15) is 9.18 Å². The first-order valence-electron chi connectivity index (χ1n) is 7.84. The summed E-state index contributed by atoms with van der Waals surface area (Å²) in [6.07, 6.45) is 4.40. The lowest BCUT2D eigenvalue weighted by Gasteiger charge is -2.14. The molecule has 142 valence electrons. The van der Waals surface area contributed by atoms with Gasteiger partial charge in [0.05, 0.1) is 16.6 Å². The van der Waals surface area contributed by atoms with Crippen molar-refractivity contribution in [3.8, 4) is 11.5 Å². The van der Waals surface area contributed by atoms with Gasteiger partial charge < -0.3 is 14.2 Å². The molecule has 0 aromatic heterocycles. The van der Waals surface area contributed by atoms with Crippen LogP contribution in [0.25, 0.3) is 6.08 Å². The molecule has 0 radical (unpaired) electrons. The van der Waals surface area contributed by atoms with Gasteiger partial charge >= 0.3 is 5.97 Å². The Balaban J connectivity index is 2.16. The smallest absolute Gasteiger partial charge is 0.331 e. The van der Waals surface area contributed by atoms with Crippen molar-refractivity contribution in [2.24, 2.45) is 0 Å². The molecule has 0 bridgehead atoms. The van der Waals surface area contributed by atoms with E-state index in [1.165, 1.54) is 31.4 Å². The van der Waals surface area contributed by atoms with Crippen LogP contribution in [0.3, 0.4) is 0 Å². The van der Waals surface area contributed by atoms with E-state index in [-0.39, 0.29) is 18.2 Å². The summed E-state index contributed by atoms with van der Waals surface area (Å²) in [5.41, 5.74) is 1.35. The Kier molecular flexibility index (Phi) is 7.88. The number of ether oxygens (including phenoxy) is 3. The molecule has 0 fully saturated rings. The van der Waals surface area contributed by atoms with Crippen LogP contribution in [0.4, 0.5) is 4.39 Å². The second kappa shape index (κ2) is 10.1. The van der Waals surface area contributed by atoms with Crippen LogP contribution in [0.15, 0.2) is 53.5 Å². The van der Waals surface area contributed by atoms with Crippen molar-refractivity contribution in [3.63, 3.8) is 0 Å². The lowest BCUT2D eigenvalue weighted by atomic mass is 10.2. The van der Waals surface area contributed by atoms with Crippen molar-refractivity contribution in [3.05, 3.63) is 75.5 Å². The van der Waals surface area contributed by atoms with Crippen LogP contribution in [-0.2, 0) is 16.1 Å². The Morgan fingerprint density at radius 1 is 1.33 bits per heavy atom. The topological polar surface area (TPSA) is 44.8 Å². The van der Waals surface area contributed by atoms with Crippen LogP contribution in [0.2, 0.25) is 5.02 Å². The number of benzene rings is 2. The third kappa shape index (κ3) is 6.12. The SMILES string of the molecule is C=CCOC(=O)/C=C/c1cc(Br)c(OCc2ccc(F)cc2Cl)c(OC)c1. The minimum absolute atomic E-state index is 0.136. The second-order valence-electron chi connectivity index (χ2n) is 5.31. The number of hydrogen-bond donors (Lipinski definition) is 0. The van der Waals surface area contributed by atoms with Gasteiger partial charge in [-0.2, -0.15) is 0 Å². The van der Waals surface area contributed by atoms with Crippen LogP contribution < -0.4 is 9.47 Å². The summed E-state index contributed by atoms with van der Waals surface area (Å²) >= 11 is 9.45. The predicted molar refractivity (Wildman–Crippen MR) is 107 cm³/mol. The van der Waals surface area contributed by atoms with Crippen LogP contribution in [-0.4, -0.2) is 19.7 Å². The first-order chi connectivity index (χ1) is 12.9. The number of halogens is 3. The molecule has 0 aliphatic carbocycles. The molecule has 27 heavy (non-hydrogen) atoms. The van der Waals surface area contributed by atoms with Gasteiger partial charge in [-0.3, -0.25) is 0 Å². The molecule has 2 rings (SSSR count). The summed E-state index contributed by atoms with van der Waals surface area (Å²) < 4.78 is 29.8. The van der Waals surface area contributed by atoms with Gasteiger partial charge in [0.25, 0.3) is 0 Å². The lowest BCUT2D eigenvalue weighted by Crippen LogP contribution is -2.01. The third-order valence-corrected chi connectivity index (χ3v) is 4.34. The Morgan fingerprint density at radius 3 is 2.78 bits per heavy atom. The monoisotopic (exact) mass is 454 g/mol. The van der Waals surface area contributed by atoms with E-state index in [0.29, 0.717) is 27.1 Å². The summed E-state index contributed by atoms with van der Waals surface area (Å²) in [4.78, 5) is 11.5. The largest absolute Gasteiger partial charge is 0.493 e. The van der Waals surface area contributed by atoms with Crippen molar-refractivity contribution >= 4 is 39.6 Å². The number of esters is 1. The highest BCUT2D eigenvalue weighted by molar-refractivity contribution is 9.10. The zero-order chi connectivity index (χ0) is 19.8. The Labute approximate surface area is 170 Å². The minimum Gasteiger partial charge on any atom is -0.493 e.